The summed E-state index contributed by atoms with van der Waals surface area (Å²) in [6, 6.07) is 0.393. The zero-order valence-corrected chi connectivity index (χ0v) is 9.66. The van der Waals surface area contributed by atoms with Gasteiger partial charge in [-0.1, -0.05) is 0 Å². The molecule has 1 aliphatic heterocycles. The number of nitrogens with zero attached hydrogens (tertiary/aromatic N) is 2. The molecule has 1 aliphatic carbocycles. The molecule has 15 heavy (non-hydrogen) atoms. The number of carbonyl (C=O) groups excluding carboxylic acids is 1. The van der Waals surface area contributed by atoms with Crippen molar-refractivity contribution in [2.75, 3.05) is 25.4 Å². The first-order valence-electron chi connectivity index (χ1n) is 5.32. The van der Waals surface area contributed by atoms with Crippen LogP contribution in [-0.4, -0.2) is 55.0 Å². The fourth-order valence-corrected chi connectivity index (χ4v) is 2.89. The first-order chi connectivity index (χ1) is 7.04. The molecule has 0 spiro atoms. The van der Waals surface area contributed by atoms with Crippen molar-refractivity contribution >= 4 is 15.9 Å². The maximum atomic E-state index is 11.7. The summed E-state index contributed by atoms with van der Waals surface area (Å²) in [4.78, 5) is 13.5. The molecule has 0 aromatic heterocycles. The van der Waals surface area contributed by atoms with E-state index in [1.807, 2.05) is 4.90 Å². The molecule has 1 heterocycles. The van der Waals surface area contributed by atoms with E-state index in [4.69, 9.17) is 0 Å². The van der Waals surface area contributed by atoms with Crippen molar-refractivity contribution < 1.29 is 13.2 Å². The topological polar surface area (TPSA) is 57.7 Å². The zero-order valence-electron chi connectivity index (χ0n) is 8.85. The summed E-state index contributed by atoms with van der Waals surface area (Å²) in [5, 5.41) is 0. The second kappa shape index (κ2) is 3.75. The fourth-order valence-electron chi connectivity index (χ4n) is 1.86. The Balaban J connectivity index is 2.02. The minimum atomic E-state index is -3.20. The Morgan fingerprint density at radius 1 is 1.33 bits per heavy atom. The van der Waals surface area contributed by atoms with Gasteiger partial charge in [0, 0.05) is 19.1 Å². The lowest BCUT2D eigenvalue weighted by Crippen LogP contribution is -2.53. The van der Waals surface area contributed by atoms with Crippen molar-refractivity contribution in [1.82, 2.24) is 9.21 Å². The van der Waals surface area contributed by atoms with Crippen molar-refractivity contribution in [2.45, 2.75) is 25.8 Å². The molecular formula is C9H16N2O3S. The van der Waals surface area contributed by atoms with Crippen LogP contribution in [0.25, 0.3) is 0 Å². The third kappa shape index (κ3) is 2.15. The van der Waals surface area contributed by atoms with Crippen molar-refractivity contribution in [3.63, 3.8) is 0 Å². The van der Waals surface area contributed by atoms with Crippen molar-refractivity contribution in [3.05, 3.63) is 0 Å². The van der Waals surface area contributed by atoms with Gasteiger partial charge in [-0.3, -0.25) is 4.79 Å². The third-order valence-corrected chi connectivity index (χ3v) is 4.80. The minimum absolute atomic E-state index is 0.0344. The molecule has 1 saturated heterocycles. The van der Waals surface area contributed by atoms with E-state index in [9.17, 15) is 13.2 Å². The minimum Gasteiger partial charge on any atom is -0.337 e. The smallest absolute Gasteiger partial charge is 0.238 e. The van der Waals surface area contributed by atoms with Gasteiger partial charge in [0.05, 0.1) is 12.3 Å². The highest BCUT2D eigenvalue weighted by Gasteiger charge is 2.38. The summed E-state index contributed by atoms with van der Waals surface area (Å²) in [6.07, 6.45) is 2.15. The van der Waals surface area contributed by atoms with E-state index in [0.29, 0.717) is 19.1 Å². The standard InChI is InChI=1S/C9H16N2O3S/c1-2-15(13,14)10-5-6-11(8-3-4-8)9(12)7-10/h8H,2-7H2,1H3. The average molecular weight is 232 g/mol. The van der Waals surface area contributed by atoms with Crippen LogP contribution in [0.15, 0.2) is 0 Å². The molecule has 2 aliphatic rings. The van der Waals surface area contributed by atoms with Gasteiger partial charge in [-0.15, -0.1) is 0 Å². The molecular weight excluding hydrogens is 216 g/mol. The largest absolute Gasteiger partial charge is 0.337 e. The predicted octanol–water partition coefficient (Wildman–Crippen LogP) is -0.357. The van der Waals surface area contributed by atoms with E-state index < -0.39 is 10.0 Å². The Labute approximate surface area is 90.1 Å². The molecule has 6 heteroatoms. The molecule has 0 N–H and O–H groups in total. The second-order valence-electron chi connectivity index (χ2n) is 4.05. The van der Waals surface area contributed by atoms with Crippen LogP contribution in [0.3, 0.4) is 0 Å². The Kier molecular flexibility index (Phi) is 2.72. The molecule has 0 radical (unpaired) electrons. The van der Waals surface area contributed by atoms with Gasteiger partial charge in [0.15, 0.2) is 0 Å². The maximum Gasteiger partial charge on any atom is 0.238 e. The third-order valence-electron chi connectivity index (χ3n) is 2.97. The molecule has 1 amide bonds. The Bertz CT molecular complexity index is 362. The highest BCUT2D eigenvalue weighted by Crippen LogP contribution is 2.28. The van der Waals surface area contributed by atoms with E-state index in [1.165, 1.54) is 4.31 Å². The Hall–Kier alpha value is -0.620. The highest BCUT2D eigenvalue weighted by molar-refractivity contribution is 7.89. The maximum absolute atomic E-state index is 11.7. The van der Waals surface area contributed by atoms with Crippen LogP contribution in [0, 0.1) is 0 Å². The molecule has 2 rings (SSSR count). The Morgan fingerprint density at radius 3 is 2.47 bits per heavy atom. The van der Waals surface area contributed by atoms with Crippen LogP contribution in [0.1, 0.15) is 19.8 Å². The number of piperazine rings is 1. The lowest BCUT2D eigenvalue weighted by Gasteiger charge is -2.33. The van der Waals surface area contributed by atoms with Crippen LogP contribution in [0.5, 0.6) is 0 Å². The van der Waals surface area contributed by atoms with Crippen LogP contribution in [-0.2, 0) is 14.8 Å². The monoisotopic (exact) mass is 232 g/mol. The van der Waals surface area contributed by atoms with Crippen molar-refractivity contribution in [1.29, 1.82) is 0 Å². The normalized spacial score (nSPS) is 24.6. The first-order valence-corrected chi connectivity index (χ1v) is 6.93. The summed E-state index contributed by atoms with van der Waals surface area (Å²) in [5.74, 6) is 0.0322. The second-order valence-corrected chi connectivity index (χ2v) is 6.31. The number of hydrogen-bond donors (Lipinski definition) is 0. The molecule has 86 valence electrons. The number of hydrogen-bond acceptors (Lipinski definition) is 3. The van der Waals surface area contributed by atoms with Gasteiger partial charge >= 0.3 is 0 Å². The predicted molar refractivity (Wildman–Crippen MR) is 55.8 cm³/mol. The first kappa shape index (κ1) is 10.9. The summed E-state index contributed by atoms with van der Waals surface area (Å²) < 4.78 is 24.4. The van der Waals surface area contributed by atoms with Gasteiger partial charge < -0.3 is 4.90 Å². The summed E-state index contributed by atoms with van der Waals surface area (Å²) in [7, 11) is -3.20. The zero-order chi connectivity index (χ0) is 11.1. The number of carbonyl (C=O) groups is 1. The van der Waals surface area contributed by atoms with Gasteiger partial charge in [0.2, 0.25) is 15.9 Å². The SMILES string of the molecule is CCS(=O)(=O)N1CCN(C2CC2)C(=O)C1. The van der Waals surface area contributed by atoms with Gasteiger partial charge in [-0.2, -0.15) is 4.31 Å². The Morgan fingerprint density at radius 2 is 2.00 bits per heavy atom. The lowest BCUT2D eigenvalue weighted by atomic mass is 10.3. The number of sulfonamides is 1. The molecule has 2 fully saturated rings. The van der Waals surface area contributed by atoms with E-state index in [2.05, 4.69) is 0 Å². The van der Waals surface area contributed by atoms with E-state index in [-0.39, 0.29) is 18.2 Å². The number of rotatable bonds is 3. The van der Waals surface area contributed by atoms with Gasteiger partial charge in [-0.25, -0.2) is 8.42 Å². The van der Waals surface area contributed by atoms with E-state index in [0.717, 1.165) is 12.8 Å². The molecule has 0 aromatic rings. The van der Waals surface area contributed by atoms with Crippen LogP contribution in [0.2, 0.25) is 0 Å². The van der Waals surface area contributed by atoms with Gasteiger partial charge in [0.25, 0.3) is 0 Å². The molecule has 0 unspecified atom stereocenters. The van der Waals surface area contributed by atoms with E-state index >= 15 is 0 Å². The summed E-state index contributed by atoms with van der Waals surface area (Å²) in [6.45, 7) is 2.65. The van der Waals surface area contributed by atoms with Gasteiger partial charge in [-0.05, 0) is 19.8 Å². The highest BCUT2D eigenvalue weighted by atomic mass is 32.2. The van der Waals surface area contributed by atoms with Crippen LogP contribution >= 0.6 is 0 Å². The van der Waals surface area contributed by atoms with Crippen LogP contribution < -0.4 is 0 Å². The van der Waals surface area contributed by atoms with Gasteiger partial charge in [0.1, 0.15) is 0 Å². The summed E-state index contributed by atoms with van der Waals surface area (Å²) in [5.41, 5.74) is 0. The average Bonchev–Trinajstić information content (AvgIpc) is 3.01. The number of amides is 1. The quantitative estimate of drug-likeness (QED) is 0.668. The van der Waals surface area contributed by atoms with Crippen molar-refractivity contribution in [3.8, 4) is 0 Å². The molecule has 0 bridgehead atoms. The summed E-state index contributed by atoms with van der Waals surface area (Å²) >= 11 is 0. The lowest BCUT2D eigenvalue weighted by molar-refractivity contribution is -0.134. The van der Waals surface area contributed by atoms with Crippen molar-refractivity contribution in [2.24, 2.45) is 0 Å². The molecule has 5 nitrogen and oxygen atoms in total. The molecule has 1 saturated carbocycles. The molecule has 0 aromatic carbocycles. The molecule has 0 atom stereocenters. The van der Waals surface area contributed by atoms with E-state index in [1.54, 1.807) is 6.92 Å². The van der Waals surface area contributed by atoms with Crippen LogP contribution in [0.4, 0.5) is 0 Å². The fraction of sp³-hybridized carbons (Fsp3) is 0.889.